The first-order valence-corrected chi connectivity index (χ1v) is 8.43. The van der Waals surface area contributed by atoms with Crippen molar-refractivity contribution >= 4 is 23.5 Å². The van der Waals surface area contributed by atoms with Gasteiger partial charge in [0.2, 0.25) is 11.8 Å². The van der Waals surface area contributed by atoms with Crippen molar-refractivity contribution in [2.75, 3.05) is 11.9 Å². The van der Waals surface area contributed by atoms with Crippen molar-refractivity contribution < 1.29 is 24.2 Å². The van der Waals surface area contributed by atoms with Gasteiger partial charge in [-0.3, -0.25) is 9.59 Å². The Morgan fingerprint density at radius 3 is 2.56 bits per heavy atom. The summed E-state index contributed by atoms with van der Waals surface area (Å²) in [5.74, 6) is -0.979. The fraction of sp³-hybridized carbons (Fsp3) is 0.500. The Morgan fingerprint density at radius 2 is 1.96 bits per heavy atom. The molecule has 1 unspecified atom stereocenters. The molecular formula is C18H24N2O5. The smallest absolute Gasteiger partial charge is 0.341 e. The third-order valence-electron chi connectivity index (χ3n) is 4.30. The van der Waals surface area contributed by atoms with E-state index in [9.17, 15) is 14.4 Å². The molecule has 1 atom stereocenters. The zero-order chi connectivity index (χ0) is 18.4. The molecule has 0 spiro atoms. The number of aryl methyl sites for hydroxylation is 1. The van der Waals surface area contributed by atoms with Crippen molar-refractivity contribution in [3.63, 3.8) is 0 Å². The van der Waals surface area contributed by atoms with Crippen molar-refractivity contribution in [2.45, 2.75) is 45.6 Å². The maximum Gasteiger partial charge on any atom is 0.341 e. The molecule has 1 aromatic rings. The molecule has 0 bridgehead atoms. The Labute approximate surface area is 146 Å². The van der Waals surface area contributed by atoms with Crippen LogP contribution in [0.2, 0.25) is 0 Å². The average Bonchev–Trinajstić information content (AvgIpc) is 3.09. The van der Waals surface area contributed by atoms with Gasteiger partial charge in [-0.15, -0.1) is 0 Å². The van der Waals surface area contributed by atoms with E-state index in [1.54, 1.807) is 32.0 Å². The minimum absolute atomic E-state index is 0.0163. The van der Waals surface area contributed by atoms with Crippen molar-refractivity contribution in [3.8, 4) is 5.75 Å². The van der Waals surface area contributed by atoms with E-state index in [1.165, 1.54) is 0 Å². The van der Waals surface area contributed by atoms with Gasteiger partial charge in [-0.2, -0.15) is 0 Å². The molecule has 1 aromatic carbocycles. The molecule has 7 nitrogen and oxygen atoms in total. The highest BCUT2D eigenvalue weighted by Crippen LogP contribution is 2.25. The number of anilines is 1. The molecule has 3 N–H and O–H groups in total. The number of hydrogen-bond donors (Lipinski definition) is 3. The number of carboxylic acids is 1. The summed E-state index contributed by atoms with van der Waals surface area (Å²) in [6, 6.07) is 4.26. The van der Waals surface area contributed by atoms with Crippen molar-refractivity contribution in [3.05, 3.63) is 23.8 Å². The summed E-state index contributed by atoms with van der Waals surface area (Å²) in [6.07, 6.45) is 3.90. The van der Waals surface area contributed by atoms with E-state index < -0.39 is 18.6 Å². The second-order valence-corrected chi connectivity index (χ2v) is 6.36. The van der Waals surface area contributed by atoms with Crippen molar-refractivity contribution in [2.24, 2.45) is 5.92 Å². The van der Waals surface area contributed by atoms with Crippen LogP contribution in [-0.4, -0.2) is 35.5 Å². The van der Waals surface area contributed by atoms with Crippen molar-refractivity contribution in [1.82, 2.24) is 5.32 Å². The van der Waals surface area contributed by atoms with Crippen LogP contribution in [0.3, 0.4) is 0 Å². The number of aliphatic carboxylic acids is 1. The van der Waals surface area contributed by atoms with Crippen LogP contribution in [0, 0.1) is 12.8 Å². The van der Waals surface area contributed by atoms with Gasteiger partial charge in [0.15, 0.2) is 6.61 Å². The highest BCUT2D eigenvalue weighted by atomic mass is 16.5. The molecule has 0 aromatic heterocycles. The van der Waals surface area contributed by atoms with E-state index in [-0.39, 0.29) is 17.7 Å². The highest BCUT2D eigenvalue weighted by molar-refractivity contribution is 5.97. The Kier molecular flexibility index (Phi) is 6.38. The first-order chi connectivity index (χ1) is 11.9. The molecule has 7 heteroatoms. The third-order valence-corrected chi connectivity index (χ3v) is 4.30. The van der Waals surface area contributed by atoms with E-state index >= 15 is 0 Å². The number of carbonyl (C=O) groups is 3. The summed E-state index contributed by atoms with van der Waals surface area (Å²) in [4.78, 5) is 34.9. The standard InChI is InChI=1S/C18H24N2O5/c1-11-9-14(25-10-16(21)22)7-8-15(11)20-17(23)12(2)19-18(24)13-5-3-4-6-13/h7-9,12-13H,3-6,10H2,1-2H3,(H,19,24)(H,20,23)(H,21,22). The fourth-order valence-corrected chi connectivity index (χ4v) is 2.84. The number of hydrogen-bond acceptors (Lipinski definition) is 4. The highest BCUT2D eigenvalue weighted by Gasteiger charge is 2.25. The molecular weight excluding hydrogens is 324 g/mol. The van der Waals surface area contributed by atoms with Gasteiger partial charge in [-0.05, 0) is 50.5 Å². The van der Waals surface area contributed by atoms with E-state index in [2.05, 4.69) is 10.6 Å². The molecule has 1 saturated carbocycles. The number of carboxylic acid groups (broad SMARTS) is 1. The lowest BCUT2D eigenvalue weighted by Gasteiger charge is -2.18. The van der Waals surface area contributed by atoms with E-state index in [0.29, 0.717) is 11.4 Å². The zero-order valence-corrected chi connectivity index (χ0v) is 14.5. The fourth-order valence-electron chi connectivity index (χ4n) is 2.84. The molecule has 136 valence electrons. The lowest BCUT2D eigenvalue weighted by atomic mass is 10.1. The summed E-state index contributed by atoms with van der Waals surface area (Å²) in [7, 11) is 0. The Morgan fingerprint density at radius 1 is 1.28 bits per heavy atom. The maximum atomic E-state index is 12.3. The number of carbonyl (C=O) groups excluding carboxylic acids is 2. The Hall–Kier alpha value is -2.57. The molecule has 1 aliphatic rings. The van der Waals surface area contributed by atoms with Gasteiger partial charge in [0, 0.05) is 11.6 Å². The van der Waals surface area contributed by atoms with Crippen LogP contribution in [0.5, 0.6) is 5.75 Å². The maximum absolute atomic E-state index is 12.3. The second-order valence-electron chi connectivity index (χ2n) is 6.36. The molecule has 0 saturated heterocycles. The largest absolute Gasteiger partial charge is 0.482 e. The number of amides is 2. The lowest BCUT2D eigenvalue weighted by Crippen LogP contribution is -2.43. The lowest BCUT2D eigenvalue weighted by molar-refractivity contribution is -0.139. The van der Waals surface area contributed by atoms with Crippen LogP contribution in [0.15, 0.2) is 18.2 Å². The number of ether oxygens (including phenoxy) is 1. The number of nitrogens with one attached hydrogen (secondary N) is 2. The molecule has 2 amide bonds. The van der Waals surface area contributed by atoms with E-state index in [4.69, 9.17) is 9.84 Å². The quantitative estimate of drug-likeness (QED) is 0.700. The number of rotatable bonds is 7. The predicted octanol–water partition coefficient (Wildman–Crippen LogP) is 2.09. The third kappa shape index (κ3) is 5.48. The van der Waals surface area contributed by atoms with Gasteiger partial charge in [-0.25, -0.2) is 4.79 Å². The Bertz CT molecular complexity index is 653. The van der Waals surface area contributed by atoms with E-state index in [0.717, 1.165) is 31.2 Å². The minimum Gasteiger partial charge on any atom is -0.482 e. The van der Waals surface area contributed by atoms with Gasteiger partial charge < -0.3 is 20.5 Å². The zero-order valence-electron chi connectivity index (χ0n) is 14.5. The van der Waals surface area contributed by atoms with Crippen LogP contribution in [0.4, 0.5) is 5.69 Å². The normalized spacial score (nSPS) is 15.4. The molecule has 1 fully saturated rings. The summed E-state index contributed by atoms with van der Waals surface area (Å²) in [5, 5.41) is 14.1. The van der Waals surface area contributed by atoms with Gasteiger partial charge in [0.25, 0.3) is 0 Å². The van der Waals surface area contributed by atoms with Crippen molar-refractivity contribution in [1.29, 1.82) is 0 Å². The molecule has 0 aliphatic heterocycles. The molecule has 0 radical (unpaired) electrons. The van der Waals surface area contributed by atoms with Gasteiger partial charge in [0.1, 0.15) is 11.8 Å². The summed E-state index contributed by atoms with van der Waals surface area (Å²) < 4.78 is 5.10. The molecule has 25 heavy (non-hydrogen) atoms. The number of benzene rings is 1. The molecule has 0 heterocycles. The summed E-state index contributed by atoms with van der Waals surface area (Å²) in [5.41, 5.74) is 1.33. The van der Waals surface area contributed by atoms with Gasteiger partial charge in [0.05, 0.1) is 0 Å². The van der Waals surface area contributed by atoms with E-state index in [1.807, 2.05) is 0 Å². The first-order valence-electron chi connectivity index (χ1n) is 8.43. The Balaban J connectivity index is 1.90. The summed E-state index contributed by atoms with van der Waals surface area (Å²) >= 11 is 0. The van der Waals surface area contributed by atoms with Crippen LogP contribution < -0.4 is 15.4 Å². The average molecular weight is 348 g/mol. The van der Waals surface area contributed by atoms with Gasteiger partial charge in [-0.1, -0.05) is 12.8 Å². The van der Waals surface area contributed by atoms with Gasteiger partial charge >= 0.3 is 5.97 Å². The van der Waals surface area contributed by atoms with Crippen LogP contribution in [0.25, 0.3) is 0 Å². The molecule has 2 rings (SSSR count). The summed E-state index contributed by atoms with van der Waals surface area (Å²) in [6.45, 7) is 3.02. The van der Waals surface area contributed by atoms with Crippen LogP contribution in [-0.2, 0) is 14.4 Å². The minimum atomic E-state index is -1.05. The van der Waals surface area contributed by atoms with Crippen LogP contribution in [0.1, 0.15) is 38.2 Å². The molecule has 1 aliphatic carbocycles. The monoisotopic (exact) mass is 348 g/mol. The predicted molar refractivity (Wildman–Crippen MR) is 92.5 cm³/mol. The SMILES string of the molecule is Cc1cc(OCC(=O)O)ccc1NC(=O)C(C)NC(=O)C1CCCC1. The van der Waals surface area contributed by atoms with Crippen LogP contribution >= 0.6 is 0 Å². The topological polar surface area (TPSA) is 105 Å². The second kappa shape index (κ2) is 8.50. The first kappa shape index (κ1) is 18.8.